The van der Waals surface area contributed by atoms with Gasteiger partial charge in [0.25, 0.3) is 0 Å². The van der Waals surface area contributed by atoms with Crippen molar-refractivity contribution < 1.29 is 39.5 Å². The van der Waals surface area contributed by atoms with Crippen LogP contribution in [-0.4, -0.2) is 74.1 Å². The second-order valence-corrected chi connectivity index (χ2v) is 8.59. The summed E-state index contributed by atoms with van der Waals surface area (Å²) in [6.07, 6.45) is 5.58. The number of rotatable bonds is 11. The largest absolute Gasteiger partial charge is 0.481 e. The molecule has 0 aromatic rings. The van der Waals surface area contributed by atoms with Crippen molar-refractivity contribution in [3.63, 3.8) is 0 Å². The van der Waals surface area contributed by atoms with Gasteiger partial charge in [-0.2, -0.15) is 0 Å². The summed E-state index contributed by atoms with van der Waals surface area (Å²) in [5.74, 6) is -2.97. The van der Waals surface area contributed by atoms with Crippen molar-refractivity contribution in [1.29, 1.82) is 0 Å². The van der Waals surface area contributed by atoms with E-state index in [0.717, 1.165) is 38.5 Å². The van der Waals surface area contributed by atoms with Crippen molar-refractivity contribution in [2.24, 2.45) is 5.92 Å². The first kappa shape index (κ1) is 22.9. The monoisotopic (exact) mass is 425 g/mol. The summed E-state index contributed by atoms with van der Waals surface area (Å²) < 4.78 is 5.24. The van der Waals surface area contributed by atoms with Crippen LogP contribution in [-0.2, 0) is 19.1 Å². The van der Waals surface area contributed by atoms with Gasteiger partial charge in [0.05, 0.1) is 24.2 Å². The number of carbonyl (C=O) groups excluding carboxylic acids is 2. The maximum Gasteiger partial charge on any atom is 0.303 e. The van der Waals surface area contributed by atoms with Gasteiger partial charge in [-0.1, -0.05) is 31.8 Å². The van der Waals surface area contributed by atoms with Crippen molar-refractivity contribution in [2.45, 2.75) is 93.8 Å². The molecule has 2 aliphatic carbocycles. The van der Waals surface area contributed by atoms with Crippen LogP contribution in [0.3, 0.4) is 0 Å². The summed E-state index contributed by atoms with van der Waals surface area (Å²) in [6, 6.07) is -0.847. The van der Waals surface area contributed by atoms with E-state index in [1.54, 1.807) is 6.08 Å². The fourth-order valence-electron chi connectivity index (χ4n) is 4.64. The average molecular weight is 425 g/mol. The lowest BCUT2D eigenvalue weighted by Crippen LogP contribution is -2.69. The number of amides is 1. The van der Waals surface area contributed by atoms with Gasteiger partial charge in [0, 0.05) is 12.8 Å². The van der Waals surface area contributed by atoms with E-state index in [4.69, 9.17) is 9.84 Å². The van der Waals surface area contributed by atoms with E-state index in [9.17, 15) is 29.7 Å². The molecule has 3 rings (SSSR count). The fourth-order valence-corrected chi connectivity index (χ4v) is 4.64. The number of aliphatic hydroxyl groups excluding tert-OH is 2. The number of nitrogens with one attached hydrogen (secondary N) is 1. The van der Waals surface area contributed by atoms with E-state index in [2.05, 4.69) is 5.32 Å². The summed E-state index contributed by atoms with van der Waals surface area (Å²) >= 11 is 0. The van der Waals surface area contributed by atoms with Crippen molar-refractivity contribution in [3.8, 4) is 0 Å². The number of carbonyl (C=O) groups is 3. The fraction of sp³-hybridized carbons (Fsp3) is 0.762. The molecule has 1 amide bonds. The number of aliphatic hydroxyl groups is 3. The third-order valence-corrected chi connectivity index (χ3v) is 6.35. The Morgan fingerprint density at radius 3 is 2.47 bits per heavy atom. The minimum absolute atomic E-state index is 0.140. The van der Waals surface area contributed by atoms with Gasteiger partial charge in [0.2, 0.25) is 5.91 Å². The van der Waals surface area contributed by atoms with Crippen molar-refractivity contribution >= 4 is 17.7 Å². The number of hydrogen-bond acceptors (Lipinski definition) is 7. The quantitative estimate of drug-likeness (QED) is 0.177. The normalized spacial score (nSPS) is 37.1. The van der Waals surface area contributed by atoms with Crippen LogP contribution in [0, 0.1) is 5.92 Å². The SMILES string of the molecule is O=C(O)CCCCCCCC/C=C\C(=O)N[C@H]1C[C@@]2(O)C(=O)[C@@H]([C@H]1O)[C@@H](O)[C@H]1O[C@@H]12. The Bertz CT molecular complexity index is 694. The Morgan fingerprint density at radius 1 is 1.10 bits per heavy atom. The number of ether oxygens (including phenoxy) is 1. The van der Waals surface area contributed by atoms with E-state index < -0.39 is 59.6 Å². The molecule has 9 nitrogen and oxygen atoms in total. The topological polar surface area (TPSA) is 157 Å². The van der Waals surface area contributed by atoms with Crippen LogP contribution in [0.1, 0.15) is 57.8 Å². The Kier molecular flexibility index (Phi) is 7.28. The first-order valence-corrected chi connectivity index (χ1v) is 10.7. The summed E-state index contributed by atoms with van der Waals surface area (Å²) in [6.45, 7) is 0. The highest BCUT2D eigenvalue weighted by Gasteiger charge is 2.72. The Hall–Kier alpha value is -1.81. The number of fused-ring (bicyclic) bond motifs is 4. The van der Waals surface area contributed by atoms with Gasteiger partial charge in [-0.15, -0.1) is 0 Å². The van der Waals surface area contributed by atoms with Crippen LogP contribution in [0.2, 0.25) is 0 Å². The van der Waals surface area contributed by atoms with E-state index >= 15 is 0 Å². The molecule has 7 atom stereocenters. The second kappa shape index (κ2) is 9.55. The lowest BCUT2D eigenvalue weighted by molar-refractivity contribution is -0.171. The highest BCUT2D eigenvalue weighted by atomic mass is 16.6. The number of carboxylic acids is 1. The molecule has 1 saturated heterocycles. The maximum atomic E-state index is 12.4. The predicted molar refractivity (Wildman–Crippen MR) is 104 cm³/mol. The molecule has 9 heteroatoms. The van der Waals surface area contributed by atoms with Gasteiger partial charge in [-0.05, 0) is 25.3 Å². The predicted octanol–water partition coefficient (Wildman–Crippen LogP) is 0.0557. The zero-order valence-electron chi connectivity index (χ0n) is 16.9. The standard InChI is InChI=1S/C21H31NO8/c23-13(9-7-5-3-1-2-4-6-8-10-14(24)25)22-12-11-21(29)19(28)15(16(12)26)17(27)18-20(21)30-18/h7,9,12,15-18,20,26-27,29H,1-6,8,10-11H2,(H,22,23)(H,24,25)/b9-7-/t12-,15-,16-,17+,18+,20-,21+/m0/s1. The van der Waals surface area contributed by atoms with Gasteiger partial charge in [-0.3, -0.25) is 14.4 Å². The third-order valence-electron chi connectivity index (χ3n) is 6.35. The number of Topliss-reactive ketones (excluding diaryl/α,β-unsaturated/α-hetero) is 1. The second-order valence-electron chi connectivity index (χ2n) is 8.59. The number of allylic oxidation sites excluding steroid dienone is 1. The van der Waals surface area contributed by atoms with Crippen LogP contribution in [0.15, 0.2) is 12.2 Å². The number of unbranched alkanes of at least 4 members (excludes halogenated alkanes) is 6. The van der Waals surface area contributed by atoms with Crippen molar-refractivity contribution in [3.05, 3.63) is 12.2 Å². The molecule has 168 valence electrons. The van der Waals surface area contributed by atoms with Gasteiger partial charge in [0.1, 0.15) is 12.2 Å². The van der Waals surface area contributed by atoms with Gasteiger partial charge < -0.3 is 30.5 Å². The number of hydrogen-bond donors (Lipinski definition) is 5. The van der Waals surface area contributed by atoms with Crippen LogP contribution < -0.4 is 5.32 Å². The zero-order valence-corrected chi connectivity index (χ0v) is 16.9. The molecule has 5 N–H and O–H groups in total. The molecule has 0 spiro atoms. The molecule has 3 fully saturated rings. The molecule has 0 aromatic heterocycles. The summed E-state index contributed by atoms with van der Waals surface area (Å²) in [5, 5.41) is 42.5. The van der Waals surface area contributed by atoms with E-state index in [1.165, 1.54) is 6.08 Å². The van der Waals surface area contributed by atoms with Crippen LogP contribution >= 0.6 is 0 Å². The molecule has 0 unspecified atom stereocenters. The van der Waals surface area contributed by atoms with Gasteiger partial charge >= 0.3 is 5.97 Å². The first-order chi connectivity index (χ1) is 14.3. The molecule has 3 aliphatic rings. The van der Waals surface area contributed by atoms with Crippen LogP contribution in [0.4, 0.5) is 0 Å². The first-order valence-electron chi connectivity index (χ1n) is 10.7. The number of ketones is 1. The number of carboxylic acid groups (broad SMARTS) is 1. The molecule has 0 aromatic carbocycles. The van der Waals surface area contributed by atoms with E-state index in [1.807, 2.05) is 0 Å². The molecule has 30 heavy (non-hydrogen) atoms. The van der Waals surface area contributed by atoms with Crippen molar-refractivity contribution in [1.82, 2.24) is 5.32 Å². The molecular formula is C21H31NO8. The third kappa shape index (κ3) is 4.91. The smallest absolute Gasteiger partial charge is 0.303 e. The Labute approximate surface area is 175 Å². The van der Waals surface area contributed by atoms with Gasteiger partial charge in [0.15, 0.2) is 11.4 Å². The summed E-state index contributed by atoms with van der Waals surface area (Å²) in [4.78, 5) is 35.0. The van der Waals surface area contributed by atoms with Crippen LogP contribution in [0.25, 0.3) is 0 Å². The lowest BCUT2D eigenvalue weighted by Gasteiger charge is -2.46. The molecule has 0 radical (unpaired) electrons. The Balaban J connectivity index is 1.36. The maximum absolute atomic E-state index is 12.4. The lowest BCUT2D eigenvalue weighted by atomic mass is 9.64. The number of epoxide rings is 1. The minimum Gasteiger partial charge on any atom is -0.481 e. The highest BCUT2D eigenvalue weighted by Crippen LogP contribution is 2.50. The zero-order chi connectivity index (χ0) is 21.9. The van der Waals surface area contributed by atoms with Gasteiger partial charge in [-0.25, -0.2) is 0 Å². The van der Waals surface area contributed by atoms with E-state index in [0.29, 0.717) is 6.42 Å². The number of aliphatic carboxylic acids is 1. The minimum atomic E-state index is -1.78. The van der Waals surface area contributed by atoms with Crippen LogP contribution in [0.5, 0.6) is 0 Å². The van der Waals surface area contributed by atoms with E-state index in [-0.39, 0.29) is 12.8 Å². The molecular weight excluding hydrogens is 394 g/mol. The summed E-state index contributed by atoms with van der Waals surface area (Å²) in [7, 11) is 0. The molecule has 1 heterocycles. The molecule has 2 saturated carbocycles. The highest BCUT2D eigenvalue weighted by molar-refractivity contribution is 5.95. The molecule has 1 aliphatic heterocycles. The molecule has 2 bridgehead atoms. The van der Waals surface area contributed by atoms with Crippen molar-refractivity contribution in [2.75, 3.05) is 0 Å². The average Bonchev–Trinajstić information content (AvgIpc) is 3.48. The summed E-state index contributed by atoms with van der Waals surface area (Å²) in [5.41, 5.74) is -1.78. The Morgan fingerprint density at radius 2 is 1.77 bits per heavy atom.